The first-order valence-corrected chi connectivity index (χ1v) is 18.1. The van der Waals surface area contributed by atoms with Crippen molar-refractivity contribution >= 4 is 57.1 Å². The molecule has 0 fully saturated rings. The van der Waals surface area contributed by atoms with Crippen LogP contribution in [0.15, 0.2) is 121 Å². The number of hydrogen-bond acceptors (Lipinski definition) is 9. The highest BCUT2D eigenvalue weighted by atomic mass is 127. The van der Waals surface area contributed by atoms with Gasteiger partial charge in [0.05, 0.1) is 52.9 Å². The molecular formula is C38H40I2O9. The fourth-order valence-corrected chi connectivity index (χ4v) is 5.86. The topological polar surface area (TPSA) is 121 Å². The van der Waals surface area contributed by atoms with Crippen LogP contribution in [-0.4, -0.2) is 61.8 Å². The molecule has 0 aromatic heterocycles. The number of aliphatic hydroxyl groups excluding tert-OH is 2. The molecule has 0 aliphatic carbocycles. The van der Waals surface area contributed by atoms with Crippen LogP contribution in [0.2, 0.25) is 0 Å². The summed E-state index contributed by atoms with van der Waals surface area (Å²) in [6.07, 6.45) is 0. The highest BCUT2D eigenvalue weighted by Gasteiger charge is 2.48. The summed E-state index contributed by atoms with van der Waals surface area (Å²) in [4.78, 5) is 28.0. The van der Waals surface area contributed by atoms with Gasteiger partial charge in [0.15, 0.2) is 0 Å². The number of rotatable bonds is 20. The summed E-state index contributed by atoms with van der Waals surface area (Å²) in [7, 11) is 0. The van der Waals surface area contributed by atoms with E-state index in [4.69, 9.17) is 23.7 Å². The number of esters is 2. The number of halogens is 2. The smallest absolute Gasteiger partial charge is 0.326 e. The molecule has 0 bridgehead atoms. The minimum absolute atomic E-state index is 0.147. The maximum absolute atomic E-state index is 14.0. The highest BCUT2D eigenvalue weighted by Crippen LogP contribution is 2.33. The van der Waals surface area contributed by atoms with Crippen LogP contribution in [0.3, 0.4) is 0 Å². The summed E-state index contributed by atoms with van der Waals surface area (Å²) in [6.45, 7) is -2.41. The fraction of sp³-hybridized carbons (Fsp3) is 0.316. The Labute approximate surface area is 314 Å². The molecular weight excluding hydrogens is 854 g/mol. The van der Waals surface area contributed by atoms with Crippen LogP contribution < -0.4 is 0 Å². The van der Waals surface area contributed by atoms with E-state index in [0.717, 1.165) is 22.3 Å². The van der Waals surface area contributed by atoms with Crippen molar-refractivity contribution < 1.29 is 43.5 Å². The van der Waals surface area contributed by atoms with Crippen LogP contribution in [0.25, 0.3) is 0 Å². The van der Waals surface area contributed by atoms with Crippen molar-refractivity contribution in [3.63, 3.8) is 0 Å². The summed E-state index contributed by atoms with van der Waals surface area (Å²) < 4.78 is 28.6. The van der Waals surface area contributed by atoms with E-state index in [1.807, 2.05) is 121 Å². The number of carbonyl (C=O) groups excluding carboxylic acids is 2. The molecule has 0 aliphatic heterocycles. The molecule has 4 unspecified atom stereocenters. The average Bonchev–Trinajstić information content (AvgIpc) is 3.15. The lowest BCUT2D eigenvalue weighted by Crippen LogP contribution is -2.50. The van der Waals surface area contributed by atoms with Gasteiger partial charge in [0.1, 0.15) is 19.1 Å². The molecule has 49 heavy (non-hydrogen) atoms. The zero-order valence-electron chi connectivity index (χ0n) is 26.9. The summed E-state index contributed by atoms with van der Waals surface area (Å²) in [5.74, 6) is -2.11. The Morgan fingerprint density at radius 3 is 1.18 bits per heavy atom. The van der Waals surface area contributed by atoms with E-state index in [0.29, 0.717) is 0 Å². The predicted octanol–water partition coefficient (Wildman–Crippen LogP) is 6.75. The normalized spacial score (nSPS) is 15.0. The van der Waals surface area contributed by atoms with Gasteiger partial charge in [-0.2, -0.15) is 0 Å². The Morgan fingerprint density at radius 2 is 0.857 bits per heavy atom. The molecule has 0 radical (unpaired) electrons. The monoisotopic (exact) mass is 894 g/mol. The third-order valence-corrected chi connectivity index (χ3v) is 9.93. The van der Waals surface area contributed by atoms with Crippen molar-refractivity contribution in [1.82, 2.24) is 0 Å². The lowest BCUT2D eigenvalue weighted by atomic mass is 9.89. The highest BCUT2D eigenvalue weighted by molar-refractivity contribution is 14.1. The number of benzene rings is 4. The maximum Gasteiger partial charge on any atom is 0.326 e. The Hall–Kier alpha value is -2.76. The van der Waals surface area contributed by atoms with Gasteiger partial charge in [0.25, 0.3) is 0 Å². The van der Waals surface area contributed by atoms with Crippen LogP contribution in [-0.2, 0) is 46.5 Å². The molecule has 0 spiro atoms. The van der Waals surface area contributed by atoms with Crippen molar-refractivity contribution in [2.75, 3.05) is 39.6 Å². The Balaban J connectivity index is 1.54. The van der Waals surface area contributed by atoms with E-state index in [9.17, 15) is 19.8 Å². The minimum atomic E-state index is -1.77. The lowest BCUT2D eigenvalue weighted by molar-refractivity contribution is -0.189. The molecule has 0 saturated carbocycles. The molecule has 4 aromatic rings. The first-order chi connectivity index (χ1) is 23.8. The van der Waals surface area contributed by atoms with Gasteiger partial charge in [-0.15, -0.1) is 0 Å². The van der Waals surface area contributed by atoms with E-state index in [2.05, 4.69) is 45.2 Å². The molecule has 11 heteroatoms. The van der Waals surface area contributed by atoms with Crippen LogP contribution in [0, 0.1) is 10.8 Å². The van der Waals surface area contributed by atoms with Crippen molar-refractivity contribution in [2.24, 2.45) is 10.8 Å². The number of carbonyl (C=O) groups is 2. The van der Waals surface area contributed by atoms with Crippen LogP contribution in [0.5, 0.6) is 0 Å². The molecule has 0 saturated heterocycles. The van der Waals surface area contributed by atoms with Crippen LogP contribution in [0.1, 0.15) is 30.5 Å². The van der Waals surface area contributed by atoms with Crippen molar-refractivity contribution in [1.29, 1.82) is 0 Å². The largest absolute Gasteiger partial charge is 0.395 e. The van der Waals surface area contributed by atoms with Gasteiger partial charge in [-0.05, 0) is 67.4 Å². The molecule has 4 aromatic carbocycles. The standard InChI is InChI=1S/C38H40I2O9/c39-33(31-17-9-3-10-18-31)47-27-37(23-41,25-45-21-29-13-5-1-6-14-29)35(43)49-36(44)38(24-42,26-46-22-30-15-7-2-8-16-30)28-48-34(40)32-19-11-4-12-20-32/h1-20,33-34,41-42H,21-28H2. The van der Waals surface area contributed by atoms with Crippen LogP contribution in [0.4, 0.5) is 0 Å². The summed E-state index contributed by atoms with van der Waals surface area (Å²) in [6, 6.07) is 37.5. The van der Waals surface area contributed by atoms with Gasteiger partial charge in [-0.3, -0.25) is 9.59 Å². The Kier molecular flexibility index (Phi) is 16.1. The second-order valence-corrected chi connectivity index (χ2v) is 13.8. The first-order valence-electron chi connectivity index (χ1n) is 15.6. The molecule has 0 aliphatic rings. The quantitative estimate of drug-likeness (QED) is 0.0430. The van der Waals surface area contributed by atoms with E-state index in [1.165, 1.54) is 0 Å². The maximum atomic E-state index is 14.0. The molecule has 4 rings (SSSR count). The van der Waals surface area contributed by atoms with E-state index >= 15 is 0 Å². The Bertz CT molecular complexity index is 1430. The second kappa shape index (κ2) is 20.2. The number of ether oxygens (including phenoxy) is 5. The van der Waals surface area contributed by atoms with Gasteiger partial charge in [0.2, 0.25) is 0 Å². The number of alkyl halides is 2. The van der Waals surface area contributed by atoms with Crippen molar-refractivity contribution in [3.05, 3.63) is 144 Å². The van der Waals surface area contributed by atoms with E-state index in [1.54, 1.807) is 0 Å². The molecule has 9 nitrogen and oxygen atoms in total. The van der Waals surface area contributed by atoms with Gasteiger partial charge in [-0.25, -0.2) is 0 Å². The number of aliphatic hydroxyl groups is 2. The fourth-order valence-electron chi connectivity index (χ4n) is 4.67. The molecule has 2 N–H and O–H groups in total. The third kappa shape index (κ3) is 11.6. The lowest BCUT2D eigenvalue weighted by Gasteiger charge is -2.33. The van der Waals surface area contributed by atoms with Gasteiger partial charge in [-0.1, -0.05) is 121 Å². The number of hydrogen-bond donors (Lipinski definition) is 2. The second-order valence-electron chi connectivity index (χ2n) is 11.6. The first kappa shape index (κ1) is 39.0. The summed E-state index contributed by atoms with van der Waals surface area (Å²) in [5.41, 5.74) is -0.132. The van der Waals surface area contributed by atoms with Gasteiger partial charge >= 0.3 is 11.9 Å². The minimum Gasteiger partial charge on any atom is -0.395 e. The summed E-state index contributed by atoms with van der Waals surface area (Å²) >= 11 is 4.18. The zero-order chi connectivity index (χ0) is 35.0. The molecule has 260 valence electrons. The SMILES string of the molecule is O=C(OC(=O)C(CO)(COCc1ccccc1)COC(I)c1ccccc1)C(CO)(COCc1ccccc1)COC(I)c1ccccc1. The Morgan fingerprint density at radius 1 is 0.531 bits per heavy atom. The third-order valence-electron chi connectivity index (χ3n) is 7.77. The van der Waals surface area contributed by atoms with E-state index < -0.39 is 44.2 Å². The predicted molar refractivity (Wildman–Crippen MR) is 201 cm³/mol. The van der Waals surface area contributed by atoms with Crippen molar-refractivity contribution in [2.45, 2.75) is 21.4 Å². The van der Waals surface area contributed by atoms with Gasteiger partial charge in [0, 0.05) is 0 Å². The van der Waals surface area contributed by atoms with Gasteiger partial charge < -0.3 is 33.9 Å². The molecule has 0 amide bonds. The average molecular weight is 895 g/mol. The zero-order valence-corrected chi connectivity index (χ0v) is 31.2. The van der Waals surface area contributed by atoms with E-state index in [-0.39, 0.29) is 39.6 Å². The molecule has 4 atom stereocenters. The summed E-state index contributed by atoms with van der Waals surface area (Å²) in [5, 5.41) is 21.4. The molecule has 0 heterocycles. The van der Waals surface area contributed by atoms with Crippen LogP contribution >= 0.6 is 45.2 Å². The van der Waals surface area contributed by atoms with Crippen molar-refractivity contribution in [3.8, 4) is 0 Å².